The van der Waals surface area contributed by atoms with Crippen molar-refractivity contribution < 1.29 is 9.18 Å². The van der Waals surface area contributed by atoms with E-state index >= 15 is 0 Å². The summed E-state index contributed by atoms with van der Waals surface area (Å²) in [6.45, 7) is 2.84. The molecule has 2 atom stereocenters. The van der Waals surface area contributed by atoms with Gasteiger partial charge in [-0.2, -0.15) is 0 Å². The Hall–Kier alpha value is -1.42. The first-order valence-electron chi connectivity index (χ1n) is 7.51. The zero-order chi connectivity index (χ0) is 14.1. The Balaban J connectivity index is 1.81. The molecule has 1 aromatic carbocycles. The number of benzene rings is 1. The molecular formula is C16H21FN2O. The van der Waals surface area contributed by atoms with Crippen molar-refractivity contribution in [2.75, 3.05) is 6.54 Å². The summed E-state index contributed by atoms with van der Waals surface area (Å²) in [5, 5.41) is 3.38. The minimum absolute atomic E-state index is 0.103. The van der Waals surface area contributed by atoms with E-state index in [1.807, 2.05) is 11.8 Å². The van der Waals surface area contributed by atoms with Gasteiger partial charge in [0.15, 0.2) is 0 Å². The number of hydrogen-bond acceptors (Lipinski definition) is 2. The lowest BCUT2D eigenvalue weighted by molar-refractivity contribution is -0.131. The van der Waals surface area contributed by atoms with Gasteiger partial charge < -0.3 is 4.90 Å². The second-order valence-electron chi connectivity index (χ2n) is 5.87. The van der Waals surface area contributed by atoms with Gasteiger partial charge in [-0.1, -0.05) is 25.5 Å². The minimum Gasteiger partial charge on any atom is -0.321 e. The van der Waals surface area contributed by atoms with E-state index in [9.17, 15) is 9.18 Å². The van der Waals surface area contributed by atoms with Crippen LogP contribution in [0.5, 0.6) is 0 Å². The molecule has 1 saturated carbocycles. The first-order valence-corrected chi connectivity index (χ1v) is 7.51. The number of rotatable bonds is 4. The first kappa shape index (κ1) is 13.6. The summed E-state index contributed by atoms with van der Waals surface area (Å²) >= 11 is 0. The van der Waals surface area contributed by atoms with Crippen molar-refractivity contribution in [3.05, 3.63) is 35.6 Å². The molecule has 20 heavy (non-hydrogen) atoms. The Bertz CT molecular complexity index is 484. The molecule has 108 valence electrons. The second-order valence-corrected chi connectivity index (χ2v) is 5.87. The Morgan fingerprint density at radius 1 is 1.30 bits per heavy atom. The van der Waals surface area contributed by atoms with Gasteiger partial charge in [-0.05, 0) is 42.9 Å². The van der Waals surface area contributed by atoms with E-state index in [0.717, 1.165) is 18.5 Å². The maximum Gasteiger partial charge on any atom is 0.241 e. The van der Waals surface area contributed by atoms with Crippen molar-refractivity contribution >= 4 is 5.91 Å². The molecule has 0 spiro atoms. The molecule has 4 heteroatoms. The summed E-state index contributed by atoms with van der Waals surface area (Å²) in [4.78, 5) is 14.4. The molecule has 3 nitrogen and oxygen atoms in total. The Morgan fingerprint density at radius 3 is 2.55 bits per heavy atom. The van der Waals surface area contributed by atoms with E-state index < -0.39 is 0 Å². The number of halogens is 1. The van der Waals surface area contributed by atoms with E-state index in [2.05, 4.69) is 5.32 Å². The van der Waals surface area contributed by atoms with E-state index in [1.165, 1.54) is 31.4 Å². The maximum atomic E-state index is 13.1. The van der Waals surface area contributed by atoms with Crippen LogP contribution in [0.4, 0.5) is 4.39 Å². The molecule has 0 bridgehead atoms. The van der Waals surface area contributed by atoms with Crippen LogP contribution in [0, 0.1) is 11.7 Å². The van der Waals surface area contributed by atoms with Crippen LogP contribution < -0.4 is 5.32 Å². The number of amides is 1. The zero-order valence-corrected chi connectivity index (χ0v) is 11.8. The molecular weight excluding hydrogens is 255 g/mol. The van der Waals surface area contributed by atoms with Gasteiger partial charge in [-0.15, -0.1) is 0 Å². The molecule has 1 amide bonds. The van der Waals surface area contributed by atoms with Gasteiger partial charge in [0.2, 0.25) is 5.91 Å². The van der Waals surface area contributed by atoms with Crippen molar-refractivity contribution in [2.24, 2.45) is 5.92 Å². The largest absolute Gasteiger partial charge is 0.321 e. The highest BCUT2D eigenvalue weighted by Gasteiger charge is 2.40. The van der Waals surface area contributed by atoms with E-state index in [1.54, 1.807) is 12.1 Å². The molecule has 3 rings (SSSR count). The van der Waals surface area contributed by atoms with Crippen LogP contribution in [-0.2, 0) is 4.79 Å². The highest BCUT2D eigenvalue weighted by Crippen LogP contribution is 2.33. The van der Waals surface area contributed by atoms with Crippen molar-refractivity contribution in [2.45, 2.75) is 44.8 Å². The van der Waals surface area contributed by atoms with E-state index in [4.69, 9.17) is 0 Å². The van der Waals surface area contributed by atoms with Gasteiger partial charge >= 0.3 is 0 Å². The molecule has 1 saturated heterocycles. The third-order valence-electron chi connectivity index (χ3n) is 4.53. The van der Waals surface area contributed by atoms with Crippen molar-refractivity contribution in [3.63, 3.8) is 0 Å². The lowest BCUT2D eigenvalue weighted by Gasteiger charge is -2.33. The maximum absolute atomic E-state index is 13.1. The topological polar surface area (TPSA) is 32.3 Å². The fourth-order valence-corrected chi connectivity index (χ4v) is 3.04. The summed E-state index contributed by atoms with van der Waals surface area (Å²) in [6.07, 6.45) is 4.40. The quantitative estimate of drug-likeness (QED) is 0.917. The van der Waals surface area contributed by atoms with Crippen molar-refractivity contribution in [1.29, 1.82) is 0 Å². The number of carbonyl (C=O) groups is 1. The molecule has 0 aromatic heterocycles. The molecule has 2 aliphatic rings. The van der Waals surface area contributed by atoms with Crippen LogP contribution in [-0.4, -0.2) is 23.4 Å². The molecule has 1 aliphatic carbocycles. The van der Waals surface area contributed by atoms with Crippen molar-refractivity contribution in [1.82, 2.24) is 10.2 Å². The zero-order valence-electron chi connectivity index (χ0n) is 11.8. The number of nitrogens with one attached hydrogen (secondary N) is 1. The van der Waals surface area contributed by atoms with Crippen LogP contribution in [0.1, 0.15) is 44.3 Å². The fourth-order valence-electron chi connectivity index (χ4n) is 3.04. The molecule has 1 heterocycles. The minimum atomic E-state index is -0.240. The summed E-state index contributed by atoms with van der Waals surface area (Å²) in [5.41, 5.74) is 0.968. The van der Waals surface area contributed by atoms with Crippen LogP contribution in [0.3, 0.4) is 0 Å². The summed E-state index contributed by atoms with van der Waals surface area (Å²) < 4.78 is 13.1. The third kappa shape index (κ3) is 2.44. The number of nitrogens with zero attached hydrogens (tertiary/aromatic N) is 1. The van der Waals surface area contributed by atoms with Gasteiger partial charge in [-0.25, -0.2) is 4.39 Å². The van der Waals surface area contributed by atoms with Crippen LogP contribution in [0.2, 0.25) is 0 Å². The predicted molar refractivity (Wildman–Crippen MR) is 75.4 cm³/mol. The Kier molecular flexibility index (Phi) is 3.74. The van der Waals surface area contributed by atoms with Gasteiger partial charge in [0, 0.05) is 6.54 Å². The number of hydrogen-bond donors (Lipinski definition) is 1. The van der Waals surface area contributed by atoms with E-state index in [-0.39, 0.29) is 23.9 Å². The predicted octanol–water partition coefficient (Wildman–Crippen LogP) is 2.83. The molecule has 1 aromatic rings. The summed E-state index contributed by atoms with van der Waals surface area (Å²) in [6, 6.07) is 6.35. The highest BCUT2D eigenvalue weighted by atomic mass is 19.1. The van der Waals surface area contributed by atoms with Crippen LogP contribution >= 0.6 is 0 Å². The van der Waals surface area contributed by atoms with Gasteiger partial charge in [0.25, 0.3) is 0 Å². The smallest absolute Gasteiger partial charge is 0.241 e. The average molecular weight is 276 g/mol. The molecule has 1 aliphatic heterocycles. The molecule has 2 fully saturated rings. The standard InChI is InChI=1S/C16H21FN2O/c1-2-14-16(20)19(10-11-4-3-5-11)15(18-14)12-6-8-13(17)9-7-12/h6-9,11,14-15,18H,2-5,10H2,1H3. The van der Waals surface area contributed by atoms with E-state index in [0.29, 0.717) is 5.92 Å². The number of carbonyl (C=O) groups excluding carboxylic acids is 1. The van der Waals surface area contributed by atoms with Gasteiger partial charge in [0.05, 0.1) is 6.04 Å². The summed E-state index contributed by atoms with van der Waals surface area (Å²) in [7, 11) is 0. The first-order chi connectivity index (χ1) is 9.69. The van der Waals surface area contributed by atoms with Gasteiger partial charge in [-0.3, -0.25) is 10.1 Å². The monoisotopic (exact) mass is 276 g/mol. The SMILES string of the molecule is CCC1NC(c2ccc(F)cc2)N(CC2CCC2)C1=O. The lowest BCUT2D eigenvalue weighted by Crippen LogP contribution is -2.37. The lowest BCUT2D eigenvalue weighted by atomic mass is 9.85. The fraction of sp³-hybridized carbons (Fsp3) is 0.562. The molecule has 2 unspecified atom stereocenters. The Labute approximate surface area is 119 Å². The molecule has 1 N–H and O–H groups in total. The summed E-state index contributed by atoms with van der Waals surface area (Å²) in [5.74, 6) is 0.587. The molecule has 0 radical (unpaired) electrons. The van der Waals surface area contributed by atoms with Crippen LogP contribution in [0.25, 0.3) is 0 Å². The highest BCUT2D eigenvalue weighted by molar-refractivity contribution is 5.84. The Morgan fingerprint density at radius 2 is 2.00 bits per heavy atom. The van der Waals surface area contributed by atoms with Crippen LogP contribution in [0.15, 0.2) is 24.3 Å². The van der Waals surface area contributed by atoms with Crippen molar-refractivity contribution in [3.8, 4) is 0 Å². The average Bonchev–Trinajstić information content (AvgIpc) is 2.71. The van der Waals surface area contributed by atoms with Gasteiger partial charge in [0.1, 0.15) is 12.0 Å². The third-order valence-corrected chi connectivity index (χ3v) is 4.53. The normalized spacial score (nSPS) is 26.9. The second kappa shape index (κ2) is 5.52.